The van der Waals surface area contributed by atoms with Crippen molar-refractivity contribution in [2.24, 2.45) is 0 Å². The number of pyridine rings is 1. The van der Waals surface area contributed by atoms with Crippen LogP contribution in [0.5, 0.6) is 0 Å². The van der Waals surface area contributed by atoms with E-state index in [1.54, 1.807) is 18.2 Å². The third-order valence-electron chi connectivity index (χ3n) is 3.70. The van der Waals surface area contributed by atoms with Crippen LogP contribution >= 0.6 is 0 Å². The van der Waals surface area contributed by atoms with Gasteiger partial charge < -0.3 is 4.74 Å². The highest BCUT2D eigenvalue weighted by Gasteiger charge is 2.33. The van der Waals surface area contributed by atoms with Crippen molar-refractivity contribution in [3.05, 3.63) is 36.1 Å². The predicted molar refractivity (Wildman–Crippen MR) is 94.9 cm³/mol. The van der Waals surface area contributed by atoms with Gasteiger partial charge in [0, 0.05) is 0 Å². The Morgan fingerprint density at radius 3 is 2.48 bits per heavy atom. The maximum Gasteiger partial charge on any atom is 0.433 e. The van der Waals surface area contributed by atoms with Crippen LogP contribution in [0, 0.1) is 0 Å². The van der Waals surface area contributed by atoms with Crippen molar-refractivity contribution in [3.8, 4) is 0 Å². The van der Waals surface area contributed by atoms with Crippen molar-refractivity contribution in [3.63, 3.8) is 0 Å². The Morgan fingerprint density at radius 1 is 1.22 bits per heavy atom. The van der Waals surface area contributed by atoms with E-state index in [0.717, 1.165) is 6.07 Å². The number of halogens is 3. The Kier molecular flexibility index (Phi) is 4.81. The Labute approximate surface area is 153 Å². The molecule has 0 spiro atoms. The lowest BCUT2D eigenvalue weighted by molar-refractivity contribution is -0.141. The molecule has 1 amide bonds. The van der Waals surface area contributed by atoms with Gasteiger partial charge >= 0.3 is 6.18 Å². The molecule has 1 aliphatic carbocycles. The molecule has 0 atom stereocenters. The summed E-state index contributed by atoms with van der Waals surface area (Å²) in [4.78, 5) is 20.1. The molecule has 0 bridgehead atoms. The maximum atomic E-state index is 13.0. The highest BCUT2D eigenvalue weighted by molar-refractivity contribution is 5.93. The summed E-state index contributed by atoms with van der Waals surface area (Å²) in [7, 11) is 0. The molecule has 2 aromatic heterocycles. The normalized spacial score (nSPS) is 14.2. The van der Waals surface area contributed by atoms with Gasteiger partial charge in [-0.15, -0.1) is 0 Å². The number of nitrogens with one attached hydrogen (secondary N) is 1. The third kappa shape index (κ3) is 4.36. The summed E-state index contributed by atoms with van der Waals surface area (Å²) < 4.78 is 45.9. The first-order chi connectivity index (χ1) is 12.5. The number of allylic oxidation sites excluding steroid dienone is 4. The standard InChI is InChI=1S/C18H19F3N4O2/c1-17(2,3)27-10-9-14(26)24-16-22-12-7-8-13(18(19,20)21)23-15(12)25(16)11-5-4-6-11/h4-8H,9-10H2,1-3H3,(H,22,24,26). The van der Waals surface area contributed by atoms with Crippen LogP contribution in [-0.4, -0.2) is 32.7 Å². The molecule has 144 valence electrons. The largest absolute Gasteiger partial charge is 0.433 e. The molecule has 2 heterocycles. The number of anilines is 1. The number of hydrogen-bond donors (Lipinski definition) is 1. The molecule has 6 nitrogen and oxygen atoms in total. The first kappa shape index (κ1) is 19.1. The summed E-state index contributed by atoms with van der Waals surface area (Å²) >= 11 is 0. The van der Waals surface area contributed by atoms with Crippen molar-refractivity contribution >= 4 is 28.7 Å². The van der Waals surface area contributed by atoms with Crippen LogP contribution in [-0.2, 0) is 15.7 Å². The van der Waals surface area contributed by atoms with Crippen LogP contribution in [0.25, 0.3) is 16.9 Å². The number of aromatic nitrogens is 3. The van der Waals surface area contributed by atoms with Gasteiger partial charge in [0.25, 0.3) is 0 Å². The number of imidazole rings is 1. The monoisotopic (exact) mass is 380 g/mol. The minimum absolute atomic E-state index is 0.0293. The lowest BCUT2D eigenvalue weighted by atomic mass is 10.2. The highest BCUT2D eigenvalue weighted by Crippen LogP contribution is 2.32. The molecule has 1 N–H and O–H groups in total. The number of hydrogen-bond acceptors (Lipinski definition) is 4. The van der Waals surface area contributed by atoms with E-state index in [1.165, 1.54) is 10.6 Å². The first-order valence-electron chi connectivity index (χ1n) is 8.34. The third-order valence-corrected chi connectivity index (χ3v) is 3.70. The molecule has 0 saturated heterocycles. The molecule has 1 aliphatic rings. The summed E-state index contributed by atoms with van der Waals surface area (Å²) in [6.45, 7) is 5.85. The number of carbonyl (C=O) groups excluding carboxylic acids is 1. The summed E-state index contributed by atoms with van der Waals surface area (Å²) in [5, 5.41) is 2.63. The van der Waals surface area contributed by atoms with E-state index in [2.05, 4.69) is 15.3 Å². The molecule has 0 unspecified atom stereocenters. The topological polar surface area (TPSA) is 69.0 Å². The zero-order chi connectivity index (χ0) is 19.8. The van der Waals surface area contributed by atoms with Gasteiger partial charge in [-0.25, -0.2) is 9.97 Å². The van der Waals surface area contributed by atoms with Crippen LogP contribution in [0.15, 0.2) is 30.4 Å². The molecule has 9 heteroatoms. The van der Waals surface area contributed by atoms with Crippen LogP contribution in [0.3, 0.4) is 0 Å². The van der Waals surface area contributed by atoms with Gasteiger partial charge in [0.2, 0.25) is 11.9 Å². The Bertz CT molecular complexity index is 936. The van der Waals surface area contributed by atoms with Gasteiger partial charge in [-0.1, -0.05) is 6.08 Å². The van der Waals surface area contributed by atoms with Crippen molar-refractivity contribution in [1.82, 2.24) is 14.5 Å². The smallest absolute Gasteiger partial charge is 0.375 e. The van der Waals surface area contributed by atoms with E-state index in [1.807, 2.05) is 20.8 Å². The Hall–Kier alpha value is -2.68. The minimum Gasteiger partial charge on any atom is -0.375 e. The average Bonchev–Trinajstić information content (AvgIpc) is 2.81. The zero-order valence-corrected chi connectivity index (χ0v) is 15.1. The fourth-order valence-corrected chi connectivity index (χ4v) is 2.41. The van der Waals surface area contributed by atoms with Gasteiger partial charge in [-0.2, -0.15) is 13.2 Å². The average molecular weight is 380 g/mol. The van der Waals surface area contributed by atoms with E-state index < -0.39 is 11.9 Å². The second-order valence-corrected chi connectivity index (χ2v) is 7.02. The molecule has 0 aromatic carbocycles. The van der Waals surface area contributed by atoms with E-state index in [4.69, 9.17) is 4.74 Å². The molecule has 0 aliphatic heterocycles. The molecule has 0 fully saturated rings. The van der Waals surface area contributed by atoms with E-state index in [0.29, 0.717) is 5.70 Å². The van der Waals surface area contributed by atoms with Gasteiger partial charge in [-0.05, 0) is 45.1 Å². The number of amides is 1. The van der Waals surface area contributed by atoms with Gasteiger partial charge in [0.05, 0.1) is 24.3 Å². The SMILES string of the molecule is CC(C)(C)OCCC(=O)Nc1nc2ccc(C(F)(F)F)nc2n1C1=CC=C1. The molecule has 0 saturated carbocycles. The molecule has 27 heavy (non-hydrogen) atoms. The highest BCUT2D eigenvalue weighted by atomic mass is 19.4. The van der Waals surface area contributed by atoms with E-state index in [-0.39, 0.29) is 41.6 Å². The molecule has 2 aromatic rings. The molecular weight excluding hydrogens is 361 g/mol. The van der Waals surface area contributed by atoms with Crippen molar-refractivity contribution in [2.45, 2.75) is 39.0 Å². The number of carbonyl (C=O) groups is 1. The van der Waals surface area contributed by atoms with E-state index >= 15 is 0 Å². The summed E-state index contributed by atoms with van der Waals surface area (Å²) in [5.41, 5.74) is -0.512. The number of ether oxygens (including phenoxy) is 1. The van der Waals surface area contributed by atoms with Crippen molar-refractivity contribution < 1.29 is 22.7 Å². The number of rotatable bonds is 5. The van der Waals surface area contributed by atoms with E-state index in [9.17, 15) is 18.0 Å². The molecule has 3 rings (SSSR count). The second-order valence-electron chi connectivity index (χ2n) is 7.02. The molecular formula is C18H19F3N4O2. The van der Waals surface area contributed by atoms with Gasteiger partial charge in [-0.3, -0.25) is 14.7 Å². The van der Waals surface area contributed by atoms with Crippen LogP contribution < -0.4 is 5.32 Å². The quantitative estimate of drug-likeness (QED) is 0.851. The van der Waals surface area contributed by atoms with Crippen molar-refractivity contribution in [1.29, 1.82) is 0 Å². The Morgan fingerprint density at radius 2 is 1.93 bits per heavy atom. The lowest BCUT2D eigenvalue weighted by Crippen LogP contribution is -2.23. The second kappa shape index (κ2) is 6.80. The number of nitrogens with zero attached hydrogens (tertiary/aromatic N) is 3. The maximum absolute atomic E-state index is 13.0. The fourth-order valence-electron chi connectivity index (χ4n) is 2.41. The lowest BCUT2D eigenvalue weighted by Gasteiger charge is -2.19. The number of fused-ring (bicyclic) bond motifs is 1. The van der Waals surface area contributed by atoms with Gasteiger partial charge in [0.1, 0.15) is 11.2 Å². The minimum atomic E-state index is -4.57. The summed E-state index contributed by atoms with van der Waals surface area (Å²) in [6.07, 6.45) is 0.651. The summed E-state index contributed by atoms with van der Waals surface area (Å²) in [6, 6.07) is 2.11. The summed E-state index contributed by atoms with van der Waals surface area (Å²) in [5.74, 6) is -0.232. The molecule has 0 radical (unpaired) electrons. The predicted octanol–water partition coefficient (Wildman–Crippen LogP) is 4.00. The number of alkyl halides is 3. The van der Waals surface area contributed by atoms with Crippen LogP contribution in [0.4, 0.5) is 19.1 Å². The Balaban J connectivity index is 1.87. The first-order valence-corrected chi connectivity index (χ1v) is 8.34. The van der Waals surface area contributed by atoms with Crippen molar-refractivity contribution in [2.75, 3.05) is 11.9 Å². The fraction of sp³-hybridized carbons (Fsp3) is 0.389. The zero-order valence-electron chi connectivity index (χ0n) is 15.1. The van der Waals surface area contributed by atoms with Crippen LogP contribution in [0.1, 0.15) is 32.9 Å². The van der Waals surface area contributed by atoms with Gasteiger partial charge in [0.15, 0.2) is 5.65 Å². The van der Waals surface area contributed by atoms with Crippen LogP contribution in [0.2, 0.25) is 0 Å².